The molecular formula is C16H17N7O4. The predicted molar refractivity (Wildman–Crippen MR) is 96.5 cm³/mol. The Morgan fingerprint density at radius 1 is 1.37 bits per heavy atom. The van der Waals surface area contributed by atoms with Gasteiger partial charge in [-0.1, -0.05) is 30.3 Å². The van der Waals surface area contributed by atoms with Gasteiger partial charge in [-0.3, -0.25) is 14.3 Å². The van der Waals surface area contributed by atoms with Crippen LogP contribution in [0.3, 0.4) is 0 Å². The van der Waals surface area contributed by atoms with E-state index in [4.69, 9.17) is 10.3 Å². The van der Waals surface area contributed by atoms with Gasteiger partial charge in [0.2, 0.25) is 0 Å². The molecule has 0 saturated carbocycles. The minimum Gasteiger partial charge on any atom is -0.389 e. The number of aromatic nitrogens is 4. The Labute approximate surface area is 152 Å². The van der Waals surface area contributed by atoms with Crippen LogP contribution in [0.2, 0.25) is 0 Å². The largest absolute Gasteiger partial charge is 0.389 e. The van der Waals surface area contributed by atoms with Crippen molar-refractivity contribution in [3.8, 4) is 0 Å². The summed E-state index contributed by atoms with van der Waals surface area (Å²) in [6.07, 6.45) is -0.990. The van der Waals surface area contributed by atoms with Gasteiger partial charge in [0.1, 0.15) is 0 Å². The lowest BCUT2D eigenvalue weighted by Gasteiger charge is -2.13. The van der Waals surface area contributed by atoms with Crippen molar-refractivity contribution in [2.45, 2.75) is 19.3 Å². The molecule has 0 aliphatic rings. The van der Waals surface area contributed by atoms with E-state index >= 15 is 0 Å². The summed E-state index contributed by atoms with van der Waals surface area (Å²) in [6, 6.07) is 9.46. The molecule has 0 spiro atoms. The zero-order chi connectivity index (χ0) is 19.4. The van der Waals surface area contributed by atoms with Gasteiger partial charge in [-0.25, -0.2) is 9.78 Å². The number of ether oxygens (including phenoxy) is 1. The van der Waals surface area contributed by atoms with E-state index in [2.05, 4.69) is 20.0 Å². The van der Waals surface area contributed by atoms with Crippen LogP contribution in [-0.4, -0.2) is 36.9 Å². The van der Waals surface area contributed by atoms with Crippen LogP contribution in [-0.2, 0) is 24.9 Å². The quantitative estimate of drug-likeness (QED) is 0.360. The average molecular weight is 371 g/mol. The first-order valence-corrected chi connectivity index (χ1v) is 8.05. The number of azide groups is 1. The Balaban J connectivity index is 1.83. The first-order chi connectivity index (χ1) is 13.0. The maximum Gasteiger partial charge on any atom is 0.329 e. The van der Waals surface area contributed by atoms with Crippen LogP contribution in [0.4, 0.5) is 5.95 Å². The number of hydrogen-bond acceptors (Lipinski definition) is 6. The Kier molecular flexibility index (Phi) is 5.36. The highest BCUT2D eigenvalue weighted by Gasteiger charge is 2.19. The first-order valence-electron chi connectivity index (χ1n) is 8.05. The summed E-state index contributed by atoms with van der Waals surface area (Å²) in [4.78, 5) is 32.8. The lowest BCUT2D eigenvalue weighted by atomic mass is 10.2. The third-order valence-corrected chi connectivity index (χ3v) is 3.94. The molecule has 0 aliphatic heterocycles. The number of nitrogens with one attached hydrogen (secondary N) is 1. The lowest BCUT2D eigenvalue weighted by molar-refractivity contribution is 0.0210. The van der Waals surface area contributed by atoms with Gasteiger partial charge in [0.05, 0.1) is 25.9 Å². The minimum absolute atomic E-state index is 0.00601. The number of aliphatic hydroxyl groups excluding tert-OH is 1. The van der Waals surface area contributed by atoms with Crippen LogP contribution in [0.5, 0.6) is 0 Å². The van der Waals surface area contributed by atoms with Crippen LogP contribution < -0.4 is 11.2 Å². The highest BCUT2D eigenvalue weighted by atomic mass is 16.5. The molecule has 0 fully saturated rings. The van der Waals surface area contributed by atoms with Crippen molar-refractivity contribution in [2.24, 2.45) is 12.2 Å². The molecule has 11 nitrogen and oxygen atoms in total. The van der Waals surface area contributed by atoms with E-state index < -0.39 is 17.4 Å². The topological polar surface area (TPSA) is 151 Å². The van der Waals surface area contributed by atoms with E-state index in [0.717, 1.165) is 10.1 Å². The van der Waals surface area contributed by atoms with E-state index in [9.17, 15) is 14.7 Å². The second-order valence-corrected chi connectivity index (χ2v) is 5.86. The third kappa shape index (κ3) is 3.90. The van der Waals surface area contributed by atoms with Crippen molar-refractivity contribution >= 4 is 17.1 Å². The highest BCUT2D eigenvalue weighted by Crippen LogP contribution is 2.18. The average Bonchev–Trinajstić information content (AvgIpc) is 3.00. The number of aryl methyl sites for hydroxylation is 1. The number of imidazole rings is 1. The standard InChI is InChI=1S/C16H17N7O4/c1-22-13-12(14(25)19-16(22)26)23(15(18-13)20-21-17)7-11(24)9-27-8-10-5-3-2-4-6-10/h2-6,11,24H,7-9H2,1H3,(H,19,25,26). The lowest BCUT2D eigenvalue weighted by Crippen LogP contribution is -2.30. The number of H-pyrrole nitrogens is 1. The molecule has 1 atom stereocenters. The van der Waals surface area contributed by atoms with Gasteiger partial charge < -0.3 is 14.4 Å². The summed E-state index contributed by atoms with van der Waals surface area (Å²) >= 11 is 0. The fourth-order valence-electron chi connectivity index (χ4n) is 2.66. The monoisotopic (exact) mass is 371 g/mol. The van der Waals surface area contributed by atoms with Gasteiger partial charge >= 0.3 is 5.69 Å². The summed E-state index contributed by atoms with van der Waals surface area (Å²) < 4.78 is 7.88. The molecule has 2 heterocycles. The highest BCUT2D eigenvalue weighted by molar-refractivity contribution is 5.73. The summed E-state index contributed by atoms with van der Waals surface area (Å²) in [5.41, 5.74) is 8.45. The van der Waals surface area contributed by atoms with Crippen molar-refractivity contribution in [2.75, 3.05) is 6.61 Å². The molecular weight excluding hydrogens is 354 g/mol. The number of fused-ring (bicyclic) bond motifs is 1. The van der Waals surface area contributed by atoms with E-state index in [1.165, 1.54) is 11.6 Å². The summed E-state index contributed by atoms with van der Waals surface area (Å²) in [5.74, 6) is -0.124. The molecule has 0 saturated heterocycles. The smallest absolute Gasteiger partial charge is 0.329 e. The Morgan fingerprint density at radius 2 is 2.11 bits per heavy atom. The summed E-state index contributed by atoms with van der Waals surface area (Å²) in [6.45, 7) is 0.218. The molecule has 2 aromatic heterocycles. The van der Waals surface area contributed by atoms with Gasteiger partial charge in [0.25, 0.3) is 5.56 Å². The Hall–Kier alpha value is -3.40. The van der Waals surface area contributed by atoms with Crippen LogP contribution in [0.15, 0.2) is 45.0 Å². The van der Waals surface area contributed by atoms with Gasteiger partial charge in [-0.05, 0) is 16.2 Å². The van der Waals surface area contributed by atoms with Gasteiger partial charge in [-0.15, -0.1) is 0 Å². The summed E-state index contributed by atoms with van der Waals surface area (Å²) in [5, 5.41) is 13.7. The molecule has 0 radical (unpaired) electrons. The molecule has 2 N–H and O–H groups in total. The van der Waals surface area contributed by atoms with Crippen LogP contribution in [0, 0.1) is 0 Å². The van der Waals surface area contributed by atoms with Gasteiger partial charge in [0, 0.05) is 12.0 Å². The molecule has 1 unspecified atom stereocenters. The van der Waals surface area contributed by atoms with Crippen LogP contribution in [0.1, 0.15) is 5.56 Å². The molecule has 0 aliphatic carbocycles. The number of aliphatic hydroxyl groups is 1. The molecule has 0 amide bonds. The molecule has 3 aromatic rings. The fourth-order valence-corrected chi connectivity index (χ4v) is 2.66. The molecule has 3 rings (SSSR count). The molecule has 0 bridgehead atoms. The van der Waals surface area contributed by atoms with Gasteiger partial charge in [-0.2, -0.15) is 0 Å². The minimum atomic E-state index is -0.990. The number of aromatic amines is 1. The molecule has 140 valence electrons. The zero-order valence-corrected chi connectivity index (χ0v) is 14.4. The number of benzene rings is 1. The summed E-state index contributed by atoms with van der Waals surface area (Å²) in [7, 11) is 1.43. The normalized spacial score (nSPS) is 12.1. The fraction of sp³-hybridized carbons (Fsp3) is 0.312. The van der Waals surface area contributed by atoms with Crippen molar-refractivity contribution < 1.29 is 9.84 Å². The molecule has 11 heteroatoms. The van der Waals surface area contributed by atoms with E-state index in [1.807, 2.05) is 30.3 Å². The van der Waals surface area contributed by atoms with E-state index in [-0.39, 0.29) is 30.3 Å². The zero-order valence-electron chi connectivity index (χ0n) is 14.4. The molecule has 1 aromatic carbocycles. The van der Waals surface area contributed by atoms with Crippen molar-refractivity contribution in [3.63, 3.8) is 0 Å². The molecule has 27 heavy (non-hydrogen) atoms. The Bertz CT molecular complexity index is 1110. The first kappa shape index (κ1) is 18.4. The number of rotatable bonds is 7. The maximum atomic E-state index is 12.2. The van der Waals surface area contributed by atoms with Gasteiger partial charge in [0.15, 0.2) is 17.1 Å². The number of nitrogens with zero attached hydrogens (tertiary/aromatic N) is 6. The second kappa shape index (κ2) is 7.87. The third-order valence-electron chi connectivity index (χ3n) is 3.94. The second-order valence-electron chi connectivity index (χ2n) is 5.86. The van der Waals surface area contributed by atoms with Crippen molar-refractivity contribution in [1.29, 1.82) is 0 Å². The van der Waals surface area contributed by atoms with Crippen molar-refractivity contribution in [3.05, 3.63) is 67.2 Å². The number of hydrogen-bond donors (Lipinski definition) is 2. The predicted octanol–water partition coefficient (Wildman–Crippen LogP) is 0.943. The maximum absolute atomic E-state index is 12.2. The van der Waals surface area contributed by atoms with Crippen LogP contribution >= 0.6 is 0 Å². The van der Waals surface area contributed by atoms with E-state index in [1.54, 1.807) is 0 Å². The van der Waals surface area contributed by atoms with E-state index in [0.29, 0.717) is 6.61 Å². The van der Waals surface area contributed by atoms with Crippen LogP contribution in [0.25, 0.3) is 21.6 Å². The SMILES string of the molecule is Cn1c(=O)[nH]c(=O)c2c1nc(N=[N+]=[N-])n2CC(O)COCc1ccccc1. The van der Waals surface area contributed by atoms with Crippen molar-refractivity contribution in [1.82, 2.24) is 19.1 Å². The Morgan fingerprint density at radius 3 is 2.81 bits per heavy atom.